The highest BCUT2D eigenvalue weighted by atomic mass is 32.1. The molecule has 186 valence electrons. The van der Waals surface area contributed by atoms with Gasteiger partial charge in [-0.05, 0) is 55.4 Å². The molecular weight excluding hydrogens is 476 g/mol. The fourth-order valence-corrected chi connectivity index (χ4v) is 6.10. The van der Waals surface area contributed by atoms with Crippen LogP contribution < -0.4 is 5.73 Å². The number of imidazole rings is 1. The standard InChI is InChI=1S/C26H34N4O3SSi/c1-17(33-35(5,6)26(2,3)4)12-13-21(30-15-20(24(27)31)28-16-30)18-9-7-10-19-23(18)32-25(29-19)22-11-8-14-34-22/h7-11,14-17,21H,12-13H2,1-6H3,(H2,27,31)/t17-,21?/m0/s1. The quantitative estimate of drug-likeness (QED) is 0.255. The Morgan fingerprint density at radius 3 is 2.63 bits per heavy atom. The first-order valence-electron chi connectivity index (χ1n) is 11.9. The largest absolute Gasteiger partial charge is 0.435 e. The summed E-state index contributed by atoms with van der Waals surface area (Å²) in [4.78, 5) is 21.7. The van der Waals surface area contributed by atoms with E-state index in [-0.39, 0.29) is 22.9 Å². The van der Waals surface area contributed by atoms with Crippen molar-refractivity contribution < 1.29 is 13.6 Å². The Bertz CT molecular complexity index is 1300. The van der Waals surface area contributed by atoms with Gasteiger partial charge in [0.15, 0.2) is 13.9 Å². The van der Waals surface area contributed by atoms with Gasteiger partial charge in [-0.1, -0.05) is 39.0 Å². The highest BCUT2D eigenvalue weighted by molar-refractivity contribution is 7.13. The van der Waals surface area contributed by atoms with Crippen LogP contribution in [-0.4, -0.2) is 34.9 Å². The zero-order valence-corrected chi connectivity index (χ0v) is 23.1. The molecule has 4 rings (SSSR count). The molecule has 2 atom stereocenters. The molecule has 1 amide bonds. The van der Waals surface area contributed by atoms with E-state index >= 15 is 0 Å². The van der Waals surface area contributed by atoms with Crippen LogP contribution in [0, 0.1) is 0 Å². The normalized spacial score (nSPS) is 14.3. The Morgan fingerprint density at radius 1 is 1.23 bits per heavy atom. The van der Waals surface area contributed by atoms with E-state index in [1.54, 1.807) is 23.9 Å². The maximum Gasteiger partial charge on any atom is 0.268 e. The Hall–Kier alpha value is -2.75. The van der Waals surface area contributed by atoms with Crippen molar-refractivity contribution in [3.63, 3.8) is 0 Å². The molecule has 0 bridgehead atoms. The van der Waals surface area contributed by atoms with Crippen molar-refractivity contribution >= 4 is 36.7 Å². The van der Waals surface area contributed by atoms with E-state index in [9.17, 15) is 4.79 Å². The van der Waals surface area contributed by atoms with Crippen LogP contribution in [-0.2, 0) is 4.43 Å². The summed E-state index contributed by atoms with van der Waals surface area (Å²) < 4.78 is 14.8. The van der Waals surface area contributed by atoms with Gasteiger partial charge in [-0.15, -0.1) is 11.3 Å². The molecule has 0 aliphatic heterocycles. The molecular formula is C26H34N4O3SSi. The average Bonchev–Trinajstić information content (AvgIpc) is 3.52. The number of aromatic nitrogens is 3. The minimum atomic E-state index is -1.89. The number of thiophene rings is 1. The third-order valence-electron chi connectivity index (χ3n) is 6.90. The number of hydrogen-bond acceptors (Lipinski definition) is 6. The number of nitrogens with zero attached hydrogens (tertiary/aromatic N) is 3. The van der Waals surface area contributed by atoms with Crippen molar-refractivity contribution in [3.8, 4) is 10.8 Å². The van der Waals surface area contributed by atoms with E-state index < -0.39 is 14.2 Å². The first-order valence-corrected chi connectivity index (χ1v) is 15.7. The van der Waals surface area contributed by atoms with E-state index in [0.29, 0.717) is 5.89 Å². The highest BCUT2D eigenvalue weighted by Gasteiger charge is 2.38. The summed E-state index contributed by atoms with van der Waals surface area (Å²) >= 11 is 1.59. The topological polar surface area (TPSA) is 96.2 Å². The third-order valence-corrected chi connectivity index (χ3v) is 12.4. The Labute approximate surface area is 211 Å². The second-order valence-corrected chi connectivity index (χ2v) is 16.2. The van der Waals surface area contributed by atoms with Crippen molar-refractivity contribution in [1.29, 1.82) is 0 Å². The summed E-state index contributed by atoms with van der Waals surface area (Å²) in [6.45, 7) is 13.4. The highest BCUT2D eigenvalue weighted by Crippen LogP contribution is 2.39. The molecule has 3 aromatic heterocycles. The van der Waals surface area contributed by atoms with Crippen LogP contribution in [0.15, 0.2) is 52.7 Å². The molecule has 0 radical (unpaired) electrons. The summed E-state index contributed by atoms with van der Waals surface area (Å²) in [5.74, 6) is 0.0641. The number of rotatable bonds is 9. The van der Waals surface area contributed by atoms with Gasteiger partial charge >= 0.3 is 0 Å². The van der Waals surface area contributed by atoms with Crippen molar-refractivity contribution in [2.45, 2.75) is 70.8 Å². The first-order chi connectivity index (χ1) is 16.5. The molecule has 1 aromatic carbocycles. The van der Waals surface area contributed by atoms with Gasteiger partial charge < -0.3 is 19.1 Å². The number of primary amides is 1. The van der Waals surface area contributed by atoms with E-state index in [4.69, 9.17) is 19.6 Å². The monoisotopic (exact) mass is 510 g/mol. The van der Waals surface area contributed by atoms with Crippen molar-refractivity contribution in [3.05, 3.63) is 59.5 Å². The number of benzene rings is 1. The molecule has 7 nitrogen and oxygen atoms in total. The minimum Gasteiger partial charge on any atom is -0.435 e. The number of carbonyl (C=O) groups excluding carboxylic acids is 1. The number of carbonyl (C=O) groups is 1. The fourth-order valence-electron chi connectivity index (χ4n) is 3.97. The summed E-state index contributed by atoms with van der Waals surface area (Å²) in [6.07, 6.45) is 5.08. The van der Waals surface area contributed by atoms with E-state index in [1.807, 2.05) is 34.2 Å². The Kier molecular flexibility index (Phi) is 7.03. The fraction of sp³-hybridized carbons (Fsp3) is 0.423. The van der Waals surface area contributed by atoms with Crippen LogP contribution in [0.5, 0.6) is 0 Å². The van der Waals surface area contributed by atoms with Gasteiger partial charge in [-0.25, -0.2) is 9.97 Å². The van der Waals surface area contributed by atoms with Gasteiger partial charge in [0, 0.05) is 17.9 Å². The Morgan fingerprint density at radius 2 is 2.00 bits per heavy atom. The Balaban J connectivity index is 1.67. The van der Waals surface area contributed by atoms with Crippen LogP contribution in [0.4, 0.5) is 0 Å². The van der Waals surface area contributed by atoms with Crippen molar-refractivity contribution in [2.24, 2.45) is 5.73 Å². The number of hydrogen-bond donors (Lipinski definition) is 1. The lowest BCUT2D eigenvalue weighted by atomic mass is 9.99. The van der Waals surface area contributed by atoms with Crippen molar-refractivity contribution in [2.75, 3.05) is 0 Å². The molecule has 0 saturated heterocycles. The van der Waals surface area contributed by atoms with Gasteiger partial charge in [0.25, 0.3) is 5.91 Å². The zero-order chi connectivity index (χ0) is 25.4. The van der Waals surface area contributed by atoms with Crippen LogP contribution in [0.2, 0.25) is 18.1 Å². The van der Waals surface area contributed by atoms with E-state index in [2.05, 4.69) is 51.8 Å². The van der Waals surface area contributed by atoms with Crippen molar-refractivity contribution in [1.82, 2.24) is 14.5 Å². The number of para-hydroxylation sites is 1. The van der Waals surface area contributed by atoms with Gasteiger partial charge in [0.05, 0.1) is 17.2 Å². The van der Waals surface area contributed by atoms with E-state index in [1.165, 1.54) is 0 Å². The molecule has 0 fully saturated rings. The average molecular weight is 511 g/mol. The molecule has 9 heteroatoms. The third kappa shape index (κ3) is 5.42. The first kappa shape index (κ1) is 25.3. The maximum atomic E-state index is 11.7. The summed E-state index contributed by atoms with van der Waals surface area (Å²) in [5.41, 5.74) is 8.27. The molecule has 3 heterocycles. The molecule has 0 aliphatic rings. The number of oxazole rings is 1. The maximum absolute atomic E-state index is 11.7. The van der Waals surface area contributed by atoms with E-state index in [0.717, 1.165) is 34.4 Å². The zero-order valence-electron chi connectivity index (χ0n) is 21.2. The summed E-state index contributed by atoms with van der Waals surface area (Å²) in [7, 11) is -1.89. The smallest absolute Gasteiger partial charge is 0.268 e. The number of amides is 1. The van der Waals surface area contributed by atoms with Gasteiger partial charge in [-0.2, -0.15) is 0 Å². The van der Waals surface area contributed by atoms with Crippen LogP contribution in [0.25, 0.3) is 21.9 Å². The molecule has 0 saturated carbocycles. The second kappa shape index (κ2) is 9.71. The SMILES string of the molecule is C[C@@H](CCC(c1cccc2nc(-c3cccs3)oc12)n1cnc(C(N)=O)c1)O[Si](C)(C)C(C)(C)C. The predicted octanol–water partition coefficient (Wildman–Crippen LogP) is 6.63. The molecule has 0 aliphatic carbocycles. The number of nitrogens with two attached hydrogens (primary N) is 1. The van der Waals surface area contributed by atoms with Crippen LogP contribution >= 0.6 is 11.3 Å². The summed E-state index contributed by atoms with van der Waals surface area (Å²) in [5, 5.41) is 2.15. The molecule has 35 heavy (non-hydrogen) atoms. The van der Waals surface area contributed by atoms with Crippen LogP contribution in [0.3, 0.4) is 0 Å². The van der Waals surface area contributed by atoms with Gasteiger partial charge in [0.2, 0.25) is 5.89 Å². The predicted molar refractivity (Wildman–Crippen MR) is 143 cm³/mol. The molecule has 4 aromatic rings. The lowest BCUT2D eigenvalue weighted by Gasteiger charge is -2.38. The summed E-state index contributed by atoms with van der Waals surface area (Å²) in [6, 6.07) is 9.88. The number of fused-ring (bicyclic) bond motifs is 1. The minimum absolute atomic E-state index is 0.0909. The van der Waals surface area contributed by atoms with Gasteiger partial charge in [-0.3, -0.25) is 4.79 Å². The van der Waals surface area contributed by atoms with Crippen LogP contribution in [0.1, 0.15) is 62.6 Å². The lowest BCUT2D eigenvalue weighted by molar-refractivity contribution is 0.0996. The molecule has 1 unspecified atom stereocenters. The molecule has 0 spiro atoms. The lowest BCUT2D eigenvalue weighted by Crippen LogP contribution is -2.43. The van der Waals surface area contributed by atoms with Gasteiger partial charge in [0.1, 0.15) is 11.2 Å². The second-order valence-electron chi connectivity index (χ2n) is 10.5. The molecule has 2 N–H and O–H groups in total.